The van der Waals surface area contributed by atoms with Crippen LogP contribution < -0.4 is 14.0 Å². The first-order valence-corrected chi connectivity index (χ1v) is 31.4. The molecular formula is C66H94BF12NO3. The molecule has 0 spiro atoms. The summed E-state index contributed by atoms with van der Waals surface area (Å²) in [5, 5.41) is 0. The first-order chi connectivity index (χ1) is 40.0. The van der Waals surface area contributed by atoms with E-state index >= 15 is 13.2 Å². The molecule has 0 bridgehead atoms. The van der Waals surface area contributed by atoms with Crippen LogP contribution in [-0.2, 0) is 0 Å². The highest BCUT2D eigenvalue weighted by Crippen LogP contribution is 2.44. The minimum atomic E-state index is -2.34. The highest BCUT2D eigenvalue weighted by Gasteiger charge is 2.43. The van der Waals surface area contributed by atoms with Gasteiger partial charge < -0.3 is 18.4 Å². The lowest BCUT2D eigenvalue weighted by Crippen LogP contribution is -2.53. The predicted octanol–water partition coefficient (Wildman–Crippen LogP) is 22.6. The lowest BCUT2D eigenvalue weighted by molar-refractivity contribution is -0.958. The number of quaternary nitrogens is 1. The van der Waals surface area contributed by atoms with Gasteiger partial charge in [0.25, 0.3) is 0 Å². The molecule has 4 aromatic carbocycles. The zero-order valence-electron chi connectivity index (χ0n) is 50.1. The second-order valence-electron chi connectivity index (χ2n) is 22.4. The average molecular weight is 1190 g/mol. The Morgan fingerprint density at radius 1 is 0.337 bits per heavy atom. The molecule has 0 aliphatic heterocycles. The Balaban J connectivity index is 0.00000182. The van der Waals surface area contributed by atoms with Gasteiger partial charge in [-0.1, -0.05) is 195 Å². The zero-order valence-corrected chi connectivity index (χ0v) is 50.1. The highest BCUT2D eigenvalue weighted by atomic mass is 19.2. The summed E-state index contributed by atoms with van der Waals surface area (Å²) in [6.07, 6.45) is 35.7. The van der Waals surface area contributed by atoms with Crippen molar-refractivity contribution in [3.63, 3.8) is 0 Å². The average Bonchev–Trinajstić information content (AvgIpc) is 3.66. The van der Waals surface area contributed by atoms with Crippen molar-refractivity contribution < 1.29 is 71.1 Å². The fourth-order valence-corrected chi connectivity index (χ4v) is 10.8. The van der Waals surface area contributed by atoms with Crippen LogP contribution in [0.1, 0.15) is 258 Å². The number of nitrogens with zero attached hydrogens (tertiary/aromatic N) is 1. The summed E-state index contributed by atoms with van der Waals surface area (Å²) in [7, 11) is -2.34. The van der Waals surface area contributed by atoms with Crippen LogP contribution in [0.15, 0.2) is 42.5 Å². The summed E-state index contributed by atoms with van der Waals surface area (Å²) in [6.45, 7) is 10.6. The van der Waals surface area contributed by atoms with E-state index in [1.807, 2.05) is 0 Å². The van der Waals surface area contributed by atoms with Crippen LogP contribution in [0.4, 0.5) is 52.7 Å². The van der Waals surface area contributed by atoms with Crippen LogP contribution >= 0.6 is 0 Å². The van der Waals surface area contributed by atoms with Crippen molar-refractivity contribution in [2.45, 2.75) is 252 Å². The molecule has 0 aliphatic rings. The van der Waals surface area contributed by atoms with Crippen LogP contribution in [0.5, 0.6) is 17.2 Å². The van der Waals surface area contributed by atoms with Gasteiger partial charge in [0.05, 0.1) is 31.0 Å². The Labute approximate surface area is 489 Å². The first-order valence-electron chi connectivity index (χ1n) is 31.4. The molecule has 4 aromatic rings. The van der Waals surface area contributed by atoms with E-state index in [9.17, 15) is 39.5 Å². The van der Waals surface area contributed by atoms with Gasteiger partial charge in [-0.15, -0.1) is 12.1 Å². The summed E-state index contributed by atoms with van der Waals surface area (Å²) in [6, 6.07) is 5.26. The third kappa shape index (κ3) is 27.2. The maximum atomic E-state index is 17.3. The second-order valence-corrected chi connectivity index (χ2v) is 22.4. The van der Waals surface area contributed by atoms with Crippen molar-refractivity contribution in [2.75, 3.05) is 19.6 Å². The van der Waals surface area contributed by atoms with Crippen molar-refractivity contribution in [1.29, 1.82) is 0 Å². The van der Waals surface area contributed by atoms with E-state index in [0.29, 0.717) is 67.3 Å². The third-order valence-electron chi connectivity index (χ3n) is 15.6. The molecule has 4 nitrogen and oxygen atoms in total. The largest absolute Gasteiger partial charge is 0.864 e. The SMILES string of the molecule is CCCCCCCCCCCCCCCCCC(c1c(OB(Oc2cc(F)c(F)c(F)c2)Oc2cc(F)c(F)c(F)c2)cc(F)c(F)c1F)[N+](CCCCCCCC)(CCCCCCCC)CCCCCCCC.Fc1c[c-]cc(F)c1F. The third-order valence-corrected chi connectivity index (χ3v) is 15.6. The van der Waals surface area contributed by atoms with E-state index < -0.39 is 100 Å². The van der Waals surface area contributed by atoms with E-state index in [1.165, 1.54) is 57.8 Å². The Bertz CT molecular complexity index is 2230. The first kappa shape index (κ1) is 72.7. The van der Waals surface area contributed by atoms with Crippen molar-refractivity contribution in [2.24, 2.45) is 0 Å². The quantitative estimate of drug-likeness (QED) is 0.0110. The Hall–Kier alpha value is -4.54. The Kier molecular flexibility index (Phi) is 37.1. The number of hydrogen-bond acceptors (Lipinski definition) is 3. The van der Waals surface area contributed by atoms with E-state index in [2.05, 4.69) is 33.8 Å². The predicted molar refractivity (Wildman–Crippen MR) is 309 cm³/mol. The van der Waals surface area contributed by atoms with Crippen LogP contribution in [-0.4, -0.2) is 31.4 Å². The van der Waals surface area contributed by atoms with Gasteiger partial charge in [-0.3, -0.25) is 8.78 Å². The number of halogens is 12. The van der Waals surface area contributed by atoms with E-state index in [0.717, 1.165) is 160 Å². The molecule has 1 atom stereocenters. The Morgan fingerprint density at radius 2 is 0.627 bits per heavy atom. The normalized spacial score (nSPS) is 11.9. The molecule has 1 unspecified atom stereocenters. The van der Waals surface area contributed by atoms with Crippen LogP contribution in [0.25, 0.3) is 0 Å². The van der Waals surface area contributed by atoms with Gasteiger partial charge in [0.1, 0.15) is 23.3 Å². The Morgan fingerprint density at radius 3 is 0.952 bits per heavy atom. The molecule has 0 saturated heterocycles. The minimum absolute atomic E-state index is 0.276. The number of rotatable bonds is 45. The molecule has 0 amide bonds. The molecule has 0 fully saturated rings. The van der Waals surface area contributed by atoms with Gasteiger partial charge in [-0.05, 0) is 44.9 Å². The lowest BCUT2D eigenvalue weighted by atomic mass is 9.91. The molecule has 0 radical (unpaired) electrons. The molecule has 468 valence electrons. The van der Waals surface area contributed by atoms with Crippen molar-refractivity contribution in [3.8, 4) is 17.2 Å². The van der Waals surface area contributed by atoms with Crippen molar-refractivity contribution in [3.05, 3.63) is 124 Å². The smallest absolute Gasteiger partial charge is 0.489 e. The van der Waals surface area contributed by atoms with E-state index in [4.69, 9.17) is 14.0 Å². The molecule has 17 heteroatoms. The van der Waals surface area contributed by atoms with E-state index in [1.54, 1.807) is 0 Å². The minimum Gasteiger partial charge on any atom is -0.489 e. The fraction of sp³-hybridized carbons (Fsp3) is 0.636. The number of unbranched alkanes of at least 4 members (excludes halogenated alkanes) is 29. The van der Waals surface area contributed by atoms with E-state index in [-0.39, 0.29) is 5.56 Å². The summed E-state index contributed by atoms with van der Waals surface area (Å²) >= 11 is 0. The monoisotopic (exact) mass is 1190 g/mol. The molecular weight excluding hydrogens is 1090 g/mol. The van der Waals surface area contributed by atoms with Crippen LogP contribution in [0.2, 0.25) is 0 Å². The van der Waals surface area contributed by atoms with Gasteiger partial charge in [0.2, 0.25) is 0 Å². The maximum Gasteiger partial charge on any atom is 0.864 e. The van der Waals surface area contributed by atoms with Gasteiger partial charge in [-0.2, -0.15) is 6.07 Å². The maximum absolute atomic E-state index is 17.3. The molecule has 83 heavy (non-hydrogen) atoms. The molecule has 0 heterocycles. The summed E-state index contributed by atoms with van der Waals surface area (Å²) in [5.41, 5.74) is -0.276. The summed E-state index contributed by atoms with van der Waals surface area (Å²) in [5.74, 6) is -21.0. The topological polar surface area (TPSA) is 27.7 Å². The fourth-order valence-electron chi connectivity index (χ4n) is 10.8. The zero-order chi connectivity index (χ0) is 60.8. The second kappa shape index (κ2) is 42.3. The number of hydrogen-bond donors (Lipinski definition) is 0. The molecule has 0 aliphatic carbocycles. The van der Waals surface area contributed by atoms with Gasteiger partial charge in [0.15, 0.2) is 52.4 Å². The molecule has 0 N–H and O–H groups in total. The van der Waals surface area contributed by atoms with Gasteiger partial charge >= 0.3 is 7.32 Å². The lowest BCUT2D eigenvalue weighted by Gasteiger charge is -2.46. The van der Waals surface area contributed by atoms with Crippen LogP contribution in [0, 0.1) is 75.9 Å². The summed E-state index contributed by atoms with van der Waals surface area (Å²) < 4.78 is 189. The highest BCUT2D eigenvalue weighted by molar-refractivity contribution is 6.39. The molecule has 0 aromatic heterocycles. The van der Waals surface area contributed by atoms with Crippen molar-refractivity contribution >= 4 is 7.32 Å². The number of benzene rings is 4. The van der Waals surface area contributed by atoms with Crippen molar-refractivity contribution in [1.82, 2.24) is 0 Å². The molecule has 0 saturated carbocycles. The van der Waals surface area contributed by atoms with Crippen LogP contribution in [0.3, 0.4) is 0 Å². The summed E-state index contributed by atoms with van der Waals surface area (Å²) in [4.78, 5) is 0. The van der Waals surface area contributed by atoms with Gasteiger partial charge in [0, 0.05) is 48.4 Å². The standard InChI is InChI=1S/C60H92BF9NO3.C6H2F3/c1-5-9-13-17-21-22-23-24-25-26-27-28-29-30-34-38-54(71(39-35-31-18-14-10-6-2,40-36-32-19-15-11-7-3)41-37-33-20-16-12-8-4)56-55(46-53(66)59(69)60(56)70)74-61(72-47-42-49(62)57(67)50(63)43-47)73-48-44-51(64)58(68)52(65)45-48;7-4-2-1-3-5(8)6(4)9/h42-46,54H,5-41H2,1-4H3;2-3H/q+1;-1. The van der Waals surface area contributed by atoms with Gasteiger partial charge in [-0.25, -0.2) is 43.9 Å². The molecule has 4 rings (SSSR count).